The van der Waals surface area contributed by atoms with Gasteiger partial charge in [0.25, 0.3) is 0 Å². The summed E-state index contributed by atoms with van der Waals surface area (Å²) in [5.41, 5.74) is 1.02. The Hall–Kier alpha value is -1.56. The summed E-state index contributed by atoms with van der Waals surface area (Å²) in [5.74, 6) is -0.254. The maximum absolute atomic E-state index is 12.2. The minimum atomic E-state index is -0.909. The van der Waals surface area contributed by atoms with Crippen LogP contribution in [-0.2, 0) is 16.0 Å². The minimum absolute atomic E-state index is 0.0909. The van der Waals surface area contributed by atoms with E-state index in [0.717, 1.165) is 22.2 Å². The molecule has 2 rings (SSSR count). The fourth-order valence-electron chi connectivity index (χ4n) is 2.58. The molecule has 1 amide bonds. The number of carbonyl (C=O) groups is 2. The van der Waals surface area contributed by atoms with E-state index in [1.807, 2.05) is 18.2 Å². The molecule has 1 aliphatic heterocycles. The number of carboxylic acid groups (broad SMARTS) is 1. The number of amides is 1. The van der Waals surface area contributed by atoms with E-state index < -0.39 is 12.0 Å². The predicted octanol–water partition coefficient (Wildman–Crippen LogP) is 2.47. The number of methoxy groups -OCH3 is 1. The monoisotopic (exact) mass is 355 g/mol. The average molecular weight is 356 g/mol. The zero-order valence-electron chi connectivity index (χ0n) is 11.8. The van der Waals surface area contributed by atoms with Crippen molar-refractivity contribution in [3.63, 3.8) is 0 Å². The van der Waals surface area contributed by atoms with Crippen molar-refractivity contribution in [1.29, 1.82) is 0 Å². The van der Waals surface area contributed by atoms with Gasteiger partial charge in [0.15, 0.2) is 0 Å². The Balaban J connectivity index is 1.95. The quantitative estimate of drug-likeness (QED) is 0.880. The largest absolute Gasteiger partial charge is 0.496 e. The lowest BCUT2D eigenvalue weighted by atomic mass is 10.1. The summed E-state index contributed by atoms with van der Waals surface area (Å²) in [6.45, 7) is 0.544. The van der Waals surface area contributed by atoms with Gasteiger partial charge in [-0.05, 0) is 52.9 Å². The van der Waals surface area contributed by atoms with E-state index >= 15 is 0 Å². The van der Waals surface area contributed by atoms with E-state index in [1.54, 1.807) is 7.11 Å². The number of benzene rings is 1. The number of carbonyl (C=O) groups excluding carboxylic acids is 1. The van der Waals surface area contributed by atoms with Crippen LogP contribution in [0.1, 0.15) is 24.8 Å². The molecule has 1 atom stereocenters. The number of nitrogens with zero attached hydrogens (tertiary/aromatic N) is 1. The van der Waals surface area contributed by atoms with Crippen LogP contribution in [0.15, 0.2) is 22.7 Å². The lowest BCUT2D eigenvalue weighted by Gasteiger charge is -2.21. The van der Waals surface area contributed by atoms with Gasteiger partial charge in [0, 0.05) is 13.0 Å². The molecule has 1 aromatic carbocycles. The van der Waals surface area contributed by atoms with Gasteiger partial charge in [-0.2, -0.15) is 0 Å². The number of halogens is 1. The van der Waals surface area contributed by atoms with E-state index in [9.17, 15) is 9.59 Å². The molecule has 0 unspecified atom stereocenters. The van der Waals surface area contributed by atoms with E-state index in [-0.39, 0.29) is 5.91 Å². The van der Waals surface area contributed by atoms with Crippen LogP contribution in [0.3, 0.4) is 0 Å². The number of likely N-dealkylation sites (tertiary alicyclic amines) is 1. The first-order valence-corrected chi connectivity index (χ1v) is 7.67. The van der Waals surface area contributed by atoms with Gasteiger partial charge in [0.1, 0.15) is 11.8 Å². The molecule has 1 heterocycles. The van der Waals surface area contributed by atoms with Crippen molar-refractivity contribution in [2.45, 2.75) is 31.7 Å². The van der Waals surface area contributed by atoms with Gasteiger partial charge in [0.2, 0.25) is 5.91 Å². The Bertz CT molecular complexity index is 546. The second-order valence-corrected chi connectivity index (χ2v) is 5.91. The highest BCUT2D eigenvalue weighted by atomic mass is 79.9. The Morgan fingerprint density at radius 1 is 1.48 bits per heavy atom. The molecular weight excluding hydrogens is 338 g/mol. The molecule has 0 saturated carbocycles. The molecular formula is C15H18BrNO4. The van der Waals surface area contributed by atoms with Crippen molar-refractivity contribution in [3.05, 3.63) is 28.2 Å². The molecule has 1 saturated heterocycles. The maximum atomic E-state index is 12.2. The fraction of sp³-hybridized carbons (Fsp3) is 0.467. The molecule has 114 valence electrons. The molecule has 0 spiro atoms. The second kappa shape index (κ2) is 6.93. The number of carboxylic acids is 1. The third-order valence-corrected chi connectivity index (χ3v) is 4.32. The van der Waals surface area contributed by atoms with Crippen LogP contribution < -0.4 is 4.74 Å². The Labute approximate surface area is 132 Å². The molecule has 6 heteroatoms. The van der Waals surface area contributed by atoms with Crippen molar-refractivity contribution in [2.75, 3.05) is 13.7 Å². The predicted molar refractivity (Wildman–Crippen MR) is 81.4 cm³/mol. The summed E-state index contributed by atoms with van der Waals surface area (Å²) in [4.78, 5) is 24.7. The molecule has 5 nitrogen and oxygen atoms in total. The van der Waals surface area contributed by atoms with Gasteiger partial charge in [-0.3, -0.25) is 4.79 Å². The standard InChI is InChI=1S/C15H18BrNO4/c1-21-13-6-4-10(9-11(13)16)5-7-14(18)17-8-2-3-12(17)15(19)20/h4,6,9,12H,2-3,5,7-8H2,1H3,(H,19,20)/t12-/m0/s1. The fourth-order valence-corrected chi connectivity index (χ4v) is 3.17. The molecule has 1 aromatic rings. The van der Waals surface area contributed by atoms with Gasteiger partial charge in [-0.1, -0.05) is 6.07 Å². The van der Waals surface area contributed by atoms with Crippen LogP contribution in [0, 0.1) is 0 Å². The molecule has 0 aromatic heterocycles. The Morgan fingerprint density at radius 2 is 2.24 bits per heavy atom. The molecule has 1 aliphatic rings. The van der Waals surface area contributed by atoms with E-state index in [2.05, 4.69) is 15.9 Å². The van der Waals surface area contributed by atoms with Crippen molar-refractivity contribution < 1.29 is 19.4 Å². The highest BCUT2D eigenvalue weighted by Crippen LogP contribution is 2.26. The summed E-state index contributed by atoms with van der Waals surface area (Å²) >= 11 is 3.41. The molecule has 1 N–H and O–H groups in total. The number of hydrogen-bond donors (Lipinski definition) is 1. The van der Waals surface area contributed by atoms with E-state index in [1.165, 1.54) is 4.90 Å². The van der Waals surface area contributed by atoms with Crippen LogP contribution in [0.2, 0.25) is 0 Å². The number of ether oxygens (including phenoxy) is 1. The van der Waals surface area contributed by atoms with E-state index in [0.29, 0.717) is 25.8 Å². The van der Waals surface area contributed by atoms with E-state index in [4.69, 9.17) is 9.84 Å². The molecule has 21 heavy (non-hydrogen) atoms. The first-order chi connectivity index (χ1) is 10.0. The Kier molecular flexibility index (Phi) is 5.22. The van der Waals surface area contributed by atoms with Crippen molar-refractivity contribution >= 4 is 27.8 Å². The number of rotatable bonds is 5. The van der Waals surface area contributed by atoms with Gasteiger partial charge in [0.05, 0.1) is 11.6 Å². The summed E-state index contributed by atoms with van der Waals surface area (Å²) in [6.07, 6.45) is 2.22. The Morgan fingerprint density at radius 3 is 2.86 bits per heavy atom. The third kappa shape index (κ3) is 3.75. The molecule has 0 bridgehead atoms. The normalized spacial score (nSPS) is 17.8. The minimum Gasteiger partial charge on any atom is -0.496 e. The smallest absolute Gasteiger partial charge is 0.326 e. The first kappa shape index (κ1) is 15.8. The molecule has 0 aliphatic carbocycles. The number of aliphatic carboxylic acids is 1. The highest BCUT2D eigenvalue weighted by Gasteiger charge is 2.33. The number of aryl methyl sites for hydroxylation is 1. The summed E-state index contributed by atoms with van der Waals surface area (Å²) in [7, 11) is 1.60. The van der Waals surface area contributed by atoms with Gasteiger partial charge in [-0.15, -0.1) is 0 Å². The second-order valence-electron chi connectivity index (χ2n) is 5.05. The molecule has 0 radical (unpaired) electrons. The van der Waals surface area contributed by atoms with Crippen LogP contribution in [-0.4, -0.2) is 41.6 Å². The zero-order chi connectivity index (χ0) is 15.4. The lowest BCUT2D eigenvalue weighted by molar-refractivity contribution is -0.148. The van der Waals surface area contributed by atoms with Crippen molar-refractivity contribution in [2.24, 2.45) is 0 Å². The summed E-state index contributed by atoms with van der Waals surface area (Å²) in [6, 6.07) is 5.03. The van der Waals surface area contributed by atoms with Gasteiger partial charge >= 0.3 is 5.97 Å². The SMILES string of the molecule is COc1ccc(CCC(=O)N2CCC[C@H]2C(=O)O)cc1Br. The third-order valence-electron chi connectivity index (χ3n) is 3.70. The average Bonchev–Trinajstić information content (AvgIpc) is 2.94. The van der Waals surface area contributed by atoms with Crippen LogP contribution in [0.5, 0.6) is 5.75 Å². The van der Waals surface area contributed by atoms with Crippen molar-refractivity contribution in [1.82, 2.24) is 4.90 Å². The lowest BCUT2D eigenvalue weighted by Crippen LogP contribution is -2.40. The first-order valence-electron chi connectivity index (χ1n) is 6.87. The highest BCUT2D eigenvalue weighted by molar-refractivity contribution is 9.10. The van der Waals surface area contributed by atoms with Crippen LogP contribution >= 0.6 is 15.9 Å². The summed E-state index contributed by atoms with van der Waals surface area (Å²) < 4.78 is 6.01. The van der Waals surface area contributed by atoms with Gasteiger partial charge < -0.3 is 14.7 Å². The van der Waals surface area contributed by atoms with Crippen molar-refractivity contribution in [3.8, 4) is 5.75 Å². The zero-order valence-corrected chi connectivity index (χ0v) is 13.4. The topological polar surface area (TPSA) is 66.8 Å². The maximum Gasteiger partial charge on any atom is 0.326 e. The number of hydrogen-bond acceptors (Lipinski definition) is 3. The van der Waals surface area contributed by atoms with Gasteiger partial charge in [-0.25, -0.2) is 4.79 Å². The van der Waals surface area contributed by atoms with Crippen LogP contribution in [0.4, 0.5) is 0 Å². The molecule has 1 fully saturated rings. The summed E-state index contributed by atoms with van der Waals surface area (Å²) in [5, 5.41) is 9.10. The van der Waals surface area contributed by atoms with Crippen LogP contribution in [0.25, 0.3) is 0 Å².